The summed E-state index contributed by atoms with van der Waals surface area (Å²) in [5.74, 6) is 0.172. The number of nitrogens with zero attached hydrogens (tertiary/aromatic N) is 1. The molecule has 0 radical (unpaired) electrons. The maximum absolute atomic E-state index is 11.6. The Morgan fingerprint density at radius 2 is 2.21 bits per heavy atom. The van der Waals surface area contributed by atoms with Gasteiger partial charge in [-0.1, -0.05) is 15.9 Å². The Morgan fingerprint density at radius 1 is 1.50 bits per heavy atom. The van der Waals surface area contributed by atoms with Crippen molar-refractivity contribution in [3.63, 3.8) is 0 Å². The minimum absolute atomic E-state index is 0.172. The first-order valence-corrected chi connectivity index (χ1v) is 5.22. The largest absolute Gasteiger partial charge is 0.397 e. The van der Waals surface area contributed by atoms with Crippen molar-refractivity contribution in [2.24, 2.45) is 0 Å². The summed E-state index contributed by atoms with van der Waals surface area (Å²) in [5.41, 5.74) is 8.12. The Balaban J connectivity index is 2.66. The van der Waals surface area contributed by atoms with Gasteiger partial charge in [-0.25, -0.2) is 0 Å². The van der Waals surface area contributed by atoms with E-state index in [1.807, 2.05) is 24.1 Å². The molecule has 1 heterocycles. The molecule has 0 spiro atoms. The summed E-state index contributed by atoms with van der Waals surface area (Å²) in [4.78, 5) is 13.7. The van der Waals surface area contributed by atoms with Crippen LogP contribution in [0.1, 0.15) is 16.8 Å². The topological polar surface area (TPSA) is 46.3 Å². The highest BCUT2D eigenvalue weighted by atomic mass is 79.9. The second kappa shape index (κ2) is 3.28. The van der Waals surface area contributed by atoms with E-state index in [0.717, 1.165) is 22.3 Å². The predicted molar refractivity (Wildman–Crippen MR) is 60.8 cm³/mol. The highest BCUT2D eigenvalue weighted by molar-refractivity contribution is 9.10. The molecule has 74 valence electrons. The highest BCUT2D eigenvalue weighted by Gasteiger charge is 2.23. The molecule has 1 aromatic carbocycles. The molecule has 0 unspecified atom stereocenters. The van der Waals surface area contributed by atoms with Crippen LogP contribution in [0.15, 0.2) is 16.6 Å². The molecule has 0 aliphatic carbocycles. The predicted octanol–water partition coefficient (Wildman–Crippen LogP) is 2.05. The first kappa shape index (κ1) is 9.52. The quantitative estimate of drug-likeness (QED) is 0.722. The molecule has 1 aromatic rings. The Morgan fingerprint density at radius 3 is 2.93 bits per heavy atom. The van der Waals surface area contributed by atoms with Gasteiger partial charge in [0, 0.05) is 30.0 Å². The third-order valence-electron chi connectivity index (χ3n) is 2.46. The fourth-order valence-electron chi connectivity index (χ4n) is 1.77. The fourth-order valence-corrected chi connectivity index (χ4v) is 2.25. The van der Waals surface area contributed by atoms with Gasteiger partial charge >= 0.3 is 0 Å². The van der Waals surface area contributed by atoms with Gasteiger partial charge in [-0.2, -0.15) is 0 Å². The van der Waals surface area contributed by atoms with Crippen molar-refractivity contribution < 1.29 is 4.79 Å². The van der Waals surface area contributed by atoms with E-state index in [1.165, 1.54) is 0 Å². The van der Waals surface area contributed by atoms with E-state index in [1.54, 1.807) is 0 Å². The molecule has 14 heavy (non-hydrogen) atoms. The molecule has 0 saturated carbocycles. The molecular formula is C10H11BrN2O. The summed E-state index contributed by atoms with van der Waals surface area (Å²) < 4.78 is 0.859. The molecule has 0 atom stereocenters. The summed E-state index contributed by atoms with van der Waals surface area (Å²) in [7, 11) is 1.95. The van der Waals surface area contributed by atoms with Gasteiger partial charge in [0.1, 0.15) is 0 Å². The second-order valence-electron chi connectivity index (χ2n) is 3.49. The normalized spacial score (nSPS) is 15.6. The van der Waals surface area contributed by atoms with Gasteiger partial charge in [0.05, 0.1) is 11.4 Å². The number of carbonyl (C=O) groups excluding carboxylic acids is 1. The first-order chi connectivity index (χ1) is 6.59. The lowest BCUT2D eigenvalue weighted by Gasteiger charge is -2.28. The number of halogens is 1. The zero-order chi connectivity index (χ0) is 10.3. The third kappa shape index (κ3) is 1.39. The average Bonchev–Trinajstić information content (AvgIpc) is 2.10. The number of nitrogens with two attached hydrogens (primary N) is 1. The smallest absolute Gasteiger partial charge is 0.166 e. The van der Waals surface area contributed by atoms with E-state index in [0.29, 0.717) is 12.1 Å². The van der Waals surface area contributed by atoms with Gasteiger partial charge in [0.25, 0.3) is 0 Å². The van der Waals surface area contributed by atoms with Crippen molar-refractivity contribution in [3.05, 3.63) is 22.2 Å². The molecular weight excluding hydrogens is 244 g/mol. The molecule has 1 aliphatic rings. The number of hydrogen-bond donors (Lipinski definition) is 1. The number of anilines is 2. The third-order valence-corrected chi connectivity index (χ3v) is 2.92. The van der Waals surface area contributed by atoms with Crippen LogP contribution in [0.2, 0.25) is 0 Å². The lowest BCUT2D eigenvalue weighted by molar-refractivity contribution is 0.0980. The van der Waals surface area contributed by atoms with Gasteiger partial charge in [-0.15, -0.1) is 0 Å². The summed E-state index contributed by atoms with van der Waals surface area (Å²) in [6.07, 6.45) is 0.569. The van der Waals surface area contributed by atoms with Crippen molar-refractivity contribution in [1.29, 1.82) is 0 Å². The Bertz CT molecular complexity index is 403. The summed E-state index contributed by atoms with van der Waals surface area (Å²) in [5, 5.41) is 0. The highest BCUT2D eigenvalue weighted by Crippen LogP contribution is 2.34. The van der Waals surface area contributed by atoms with Gasteiger partial charge < -0.3 is 10.6 Å². The SMILES string of the molecule is CN1CCC(=O)c2cc(Br)cc(N)c21. The van der Waals surface area contributed by atoms with Crippen LogP contribution in [0.5, 0.6) is 0 Å². The first-order valence-electron chi connectivity index (χ1n) is 4.43. The molecule has 2 N–H and O–H groups in total. The van der Waals surface area contributed by atoms with Crippen molar-refractivity contribution in [2.45, 2.75) is 6.42 Å². The van der Waals surface area contributed by atoms with Crippen LogP contribution in [-0.2, 0) is 0 Å². The number of carbonyl (C=O) groups is 1. The van der Waals surface area contributed by atoms with Crippen LogP contribution in [0.3, 0.4) is 0 Å². The van der Waals surface area contributed by atoms with E-state index in [9.17, 15) is 4.79 Å². The molecule has 0 aromatic heterocycles. The van der Waals surface area contributed by atoms with Crippen LogP contribution < -0.4 is 10.6 Å². The minimum Gasteiger partial charge on any atom is -0.397 e. The maximum Gasteiger partial charge on any atom is 0.166 e. The number of nitrogen functional groups attached to an aromatic ring is 1. The zero-order valence-electron chi connectivity index (χ0n) is 7.88. The number of hydrogen-bond acceptors (Lipinski definition) is 3. The Kier molecular flexibility index (Phi) is 2.23. The molecule has 2 rings (SSSR count). The van der Waals surface area contributed by atoms with Crippen molar-refractivity contribution in [1.82, 2.24) is 0 Å². The van der Waals surface area contributed by atoms with Gasteiger partial charge in [0.2, 0.25) is 0 Å². The van der Waals surface area contributed by atoms with Gasteiger partial charge in [-0.05, 0) is 12.1 Å². The summed E-state index contributed by atoms with van der Waals surface area (Å²) >= 11 is 3.34. The van der Waals surface area contributed by atoms with Gasteiger partial charge in [0.15, 0.2) is 5.78 Å². The van der Waals surface area contributed by atoms with Crippen LogP contribution >= 0.6 is 15.9 Å². The van der Waals surface area contributed by atoms with Crippen molar-refractivity contribution in [3.8, 4) is 0 Å². The lowest BCUT2D eigenvalue weighted by Crippen LogP contribution is -2.29. The minimum atomic E-state index is 0.172. The van der Waals surface area contributed by atoms with Crippen LogP contribution in [0, 0.1) is 0 Å². The van der Waals surface area contributed by atoms with E-state index in [4.69, 9.17) is 5.73 Å². The Hall–Kier alpha value is -1.03. The molecule has 3 nitrogen and oxygen atoms in total. The number of Topliss-reactive ketones (excluding diaryl/α,β-unsaturated/α-hetero) is 1. The number of benzene rings is 1. The maximum atomic E-state index is 11.6. The number of rotatable bonds is 0. The van der Waals surface area contributed by atoms with Crippen LogP contribution in [0.25, 0.3) is 0 Å². The molecule has 4 heteroatoms. The molecule has 0 saturated heterocycles. The summed E-state index contributed by atoms with van der Waals surface area (Å²) in [6, 6.07) is 3.66. The molecule has 0 fully saturated rings. The monoisotopic (exact) mass is 254 g/mol. The van der Waals surface area contributed by atoms with E-state index in [-0.39, 0.29) is 5.78 Å². The fraction of sp³-hybridized carbons (Fsp3) is 0.300. The summed E-state index contributed by atoms with van der Waals surface area (Å²) in [6.45, 7) is 0.748. The van der Waals surface area contributed by atoms with E-state index < -0.39 is 0 Å². The number of fused-ring (bicyclic) bond motifs is 1. The van der Waals surface area contributed by atoms with Crippen LogP contribution in [-0.4, -0.2) is 19.4 Å². The molecule has 1 aliphatic heterocycles. The zero-order valence-corrected chi connectivity index (χ0v) is 9.47. The average molecular weight is 255 g/mol. The number of ketones is 1. The van der Waals surface area contributed by atoms with Gasteiger partial charge in [-0.3, -0.25) is 4.79 Å². The van der Waals surface area contributed by atoms with E-state index in [2.05, 4.69) is 15.9 Å². The molecule has 0 bridgehead atoms. The van der Waals surface area contributed by atoms with Crippen molar-refractivity contribution in [2.75, 3.05) is 24.2 Å². The second-order valence-corrected chi connectivity index (χ2v) is 4.40. The Labute approximate surface area is 91.0 Å². The molecule has 0 amide bonds. The van der Waals surface area contributed by atoms with E-state index >= 15 is 0 Å². The van der Waals surface area contributed by atoms with Crippen LogP contribution in [0.4, 0.5) is 11.4 Å². The standard InChI is InChI=1S/C10H11BrN2O/c1-13-3-2-9(14)7-4-6(11)5-8(12)10(7)13/h4-5H,2-3,12H2,1H3. The van der Waals surface area contributed by atoms with Crippen molar-refractivity contribution >= 4 is 33.1 Å². The lowest BCUT2D eigenvalue weighted by atomic mass is 10.00.